The SMILES string of the molecule is CCCC(=O)NC(c1ccco1)c1ccc2cccnc2c1O. The lowest BCUT2D eigenvalue weighted by molar-refractivity contribution is -0.121. The Morgan fingerprint density at radius 3 is 2.91 bits per heavy atom. The molecule has 23 heavy (non-hydrogen) atoms. The highest BCUT2D eigenvalue weighted by Gasteiger charge is 2.23. The Hall–Kier alpha value is -2.82. The summed E-state index contributed by atoms with van der Waals surface area (Å²) in [6.45, 7) is 1.94. The standard InChI is InChI=1S/C18H18N2O3/c1-2-5-15(21)20-17(14-7-4-11-23-14)13-9-8-12-6-3-10-19-16(12)18(13)22/h3-4,6-11,17,22H,2,5H2,1H3,(H,20,21). The number of pyridine rings is 1. The van der Waals surface area contributed by atoms with Crippen molar-refractivity contribution in [2.45, 2.75) is 25.8 Å². The van der Waals surface area contributed by atoms with E-state index in [1.165, 1.54) is 0 Å². The third-order valence-corrected chi connectivity index (χ3v) is 3.70. The lowest BCUT2D eigenvalue weighted by Gasteiger charge is -2.19. The number of hydrogen-bond donors (Lipinski definition) is 2. The van der Waals surface area contributed by atoms with Gasteiger partial charge in [0.15, 0.2) is 0 Å². The number of amides is 1. The van der Waals surface area contributed by atoms with Gasteiger partial charge in [-0.2, -0.15) is 0 Å². The fourth-order valence-corrected chi connectivity index (χ4v) is 2.60. The molecule has 1 atom stereocenters. The molecular formula is C18H18N2O3. The van der Waals surface area contributed by atoms with Crippen LogP contribution in [0.25, 0.3) is 10.9 Å². The molecule has 0 aliphatic carbocycles. The predicted molar refractivity (Wildman–Crippen MR) is 87.0 cm³/mol. The summed E-state index contributed by atoms with van der Waals surface area (Å²) in [6, 6.07) is 10.3. The van der Waals surface area contributed by atoms with E-state index < -0.39 is 6.04 Å². The van der Waals surface area contributed by atoms with Gasteiger partial charge >= 0.3 is 0 Å². The molecule has 0 fully saturated rings. The number of carbonyl (C=O) groups excluding carboxylic acids is 1. The lowest BCUT2D eigenvalue weighted by Crippen LogP contribution is -2.28. The number of rotatable bonds is 5. The Morgan fingerprint density at radius 1 is 1.30 bits per heavy atom. The van der Waals surface area contributed by atoms with Crippen molar-refractivity contribution in [3.8, 4) is 5.75 Å². The number of aromatic hydroxyl groups is 1. The normalized spacial score (nSPS) is 12.2. The third kappa shape index (κ3) is 3.04. The largest absolute Gasteiger partial charge is 0.505 e. The number of aromatic nitrogens is 1. The van der Waals surface area contributed by atoms with Gasteiger partial charge in [0.05, 0.1) is 6.26 Å². The summed E-state index contributed by atoms with van der Waals surface area (Å²) in [7, 11) is 0. The number of benzene rings is 1. The van der Waals surface area contributed by atoms with Crippen LogP contribution in [0, 0.1) is 0 Å². The van der Waals surface area contributed by atoms with Gasteiger partial charge in [-0.15, -0.1) is 0 Å². The molecule has 2 N–H and O–H groups in total. The smallest absolute Gasteiger partial charge is 0.220 e. The highest BCUT2D eigenvalue weighted by atomic mass is 16.3. The summed E-state index contributed by atoms with van der Waals surface area (Å²) in [5.41, 5.74) is 1.07. The summed E-state index contributed by atoms with van der Waals surface area (Å²) >= 11 is 0. The minimum absolute atomic E-state index is 0.0568. The topological polar surface area (TPSA) is 75.4 Å². The summed E-state index contributed by atoms with van der Waals surface area (Å²) in [5, 5.41) is 14.4. The molecule has 0 radical (unpaired) electrons. The first kappa shape index (κ1) is 15.1. The van der Waals surface area contributed by atoms with E-state index in [0.717, 1.165) is 11.8 Å². The maximum absolute atomic E-state index is 12.0. The molecule has 5 heteroatoms. The van der Waals surface area contributed by atoms with E-state index in [4.69, 9.17) is 4.42 Å². The van der Waals surface area contributed by atoms with Crippen molar-refractivity contribution >= 4 is 16.8 Å². The molecule has 2 aromatic heterocycles. The van der Waals surface area contributed by atoms with Crippen LogP contribution in [-0.2, 0) is 4.79 Å². The fraction of sp³-hybridized carbons (Fsp3) is 0.222. The van der Waals surface area contributed by atoms with Crippen molar-refractivity contribution in [2.24, 2.45) is 0 Å². The van der Waals surface area contributed by atoms with E-state index >= 15 is 0 Å². The van der Waals surface area contributed by atoms with Crippen LogP contribution < -0.4 is 5.32 Å². The van der Waals surface area contributed by atoms with Crippen molar-refractivity contribution in [2.75, 3.05) is 0 Å². The summed E-state index contributed by atoms with van der Waals surface area (Å²) in [5.74, 6) is 0.538. The van der Waals surface area contributed by atoms with E-state index in [9.17, 15) is 9.90 Å². The third-order valence-electron chi connectivity index (χ3n) is 3.70. The van der Waals surface area contributed by atoms with Crippen molar-refractivity contribution in [1.82, 2.24) is 10.3 Å². The van der Waals surface area contributed by atoms with Gasteiger partial charge in [-0.3, -0.25) is 9.78 Å². The molecular weight excluding hydrogens is 292 g/mol. The molecule has 3 rings (SSSR count). The van der Waals surface area contributed by atoms with Crippen molar-refractivity contribution in [1.29, 1.82) is 0 Å². The Bertz CT molecular complexity index is 812. The first-order valence-electron chi connectivity index (χ1n) is 7.60. The second-order valence-electron chi connectivity index (χ2n) is 5.34. The summed E-state index contributed by atoms with van der Waals surface area (Å²) in [4.78, 5) is 16.3. The summed E-state index contributed by atoms with van der Waals surface area (Å²) < 4.78 is 5.45. The molecule has 0 saturated carbocycles. The number of nitrogens with one attached hydrogen (secondary N) is 1. The Morgan fingerprint density at radius 2 is 2.17 bits per heavy atom. The van der Waals surface area contributed by atoms with Gasteiger partial charge in [0.1, 0.15) is 23.1 Å². The molecule has 0 saturated heterocycles. The Balaban J connectivity index is 2.06. The van der Waals surface area contributed by atoms with E-state index in [2.05, 4.69) is 10.3 Å². The molecule has 1 amide bonds. The molecule has 3 aromatic rings. The molecule has 5 nitrogen and oxygen atoms in total. The van der Waals surface area contributed by atoms with Crippen molar-refractivity contribution in [3.63, 3.8) is 0 Å². The van der Waals surface area contributed by atoms with E-state index in [0.29, 0.717) is 23.3 Å². The van der Waals surface area contributed by atoms with Crippen LogP contribution in [0.15, 0.2) is 53.3 Å². The first-order chi connectivity index (χ1) is 11.2. The maximum atomic E-state index is 12.0. The van der Waals surface area contributed by atoms with Gasteiger partial charge in [-0.25, -0.2) is 0 Å². The fourth-order valence-electron chi connectivity index (χ4n) is 2.60. The minimum atomic E-state index is -0.546. The van der Waals surface area contributed by atoms with Gasteiger partial charge < -0.3 is 14.8 Å². The highest BCUT2D eigenvalue weighted by molar-refractivity contribution is 5.86. The molecule has 2 heterocycles. The number of fused-ring (bicyclic) bond motifs is 1. The van der Waals surface area contributed by atoms with E-state index in [1.807, 2.05) is 25.1 Å². The van der Waals surface area contributed by atoms with Gasteiger partial charge in [-0.1, -0.05) is 25.1 Å². The number of hydrogen-bond acceptors (Lipinski definition) is 4. The number of furan rings is 1. The molecule has 1 unspecified atom stereocenters. The molecule has 118 valence electrons. The van der Waals surface area contributed by atoms with Gasteiger partial charge in [0.2, 0.25) is 5.91 Å². The number of phenols is 1. The quantitative estimate of drug-likeness (QED) is 0.756. The zero-order valence-electron chi connectivity index (χ0n) is 12.8. The van der Waals surface area contributed by atoms with Crippen LogP contribution in [-0.4, -0.2) is 16.0 Å². The second-order valence-corrected chi connectivity index (χ2v) is 5.34. The molecule has 0 bridgehead atoms. The Labute approximate surface area is 134 Å². The average molecular weight is 310 g/mol. The van der Waals surface area contributed by atoms with Crippen LogP contribution >= 0.6 is 0 Å². The Kier molecular flexibility index (Phi) is 4.28. The zero-order valence-corrected chi connectivity index (χ0v) is 12.8. The van der Waals surface area contributed by atoms with Crippen LogP contribution in [0.3, 0.4) is 0 Å². The second kappa shape index (κ2) is 6.52. The first-order valence-corrected chi connectivity index (χ1v) is 7.60. The van der Waals surface area contributed by atoms with E-state index in [1.54, 1.807) is 30.7 Å². The molecule has 0 aliphatic rings. The monoisotopic (exact) mass is 310 g/mol. The van der Waals surface area contributed by atoms with Crippen molar-refractivity contribution in [3.05, 3.63) is 60.2 Å². The number of nitrogens with zero attached hydrogens (tertiary/aromatic N) is 1. The minimum Gasteiger partial charge on any atom is -0.505 e. The number of carbonyl (C=O) groups is 1. The van der Waals surface area contributed by atoms with Crippen LogP contribution in [0.4, 0.5) is 0 Å². The highest BCUT2D eigenvalue weighted by Crippen LogP contribution is 2.34. The van der Waals surface area contributed by atoms with Gasteiger partial charge in [0.25, 0.3) is 0 Å². The van der Waals surface area contributed by atoms with Crippen LogP contribution in [0.1, 0.15) is 37.1 Å². The van der Waals surface area contributed by atoms with Crippen LogP contribution in [0.5, 0.6) is 5.75 Å². The van der Waals surface area contributed by atoms with Crippen LogP contribution in [0.2, 0.25) is 0 Å². The molecule has 1 aromatic carbocycles. The predicted octanol–water partition coefficient (Wildman–Crippen LogP) is 3.54. The molecule has 0 spiro atoms. The lowest BCUT2D eigenvalue weighted by atomic mass is 10.0. The zero-order chi connectivity index (χ0) is 16.2. The van der Waals surface area contributed by atoms with E-state index in [-0.39, 0.29) is 11.7 Å². The average Bonchev–Trinajstić information content (AvgIpc) is 3.08. The molecule has 0 aliphatic heterocycles. The van der Waals surface area contributed by atoms with Gasteiger partial charge in [0, 0.05) is 23.6 Å². The maximum Gasteiger partial charge on any atom is 0.220 e. The van der Waals surface area contributed by atoms with Crippen molar-refractivity contribution < 1.29 is 14.3 Å². The number of phenolic OH excluding ortho intramolecular Hbond substituents is 1. The summed E-state index contributed by atoms with van der Waals surface area (Å²) in [6.07, 6.45) is 4.35. The van der Waals surface area contributed by atoms with Gasteiger partial charge in [-0.05, 0) is 24.6 Å².